The molecule has 3 aromatic rings. The van der Waals surface area contributed by atoms with Crippen LogP contribution >= 0.6 is 0 Å². The van der Waals surface area contributed by atoms with Gasteiger partial charge in [-0.2, -0.15) is 4.80 Å². The minimum Gasteiger partial charge on any atom is -0.374 e. The molecule has 3 rings (SSSR count). The first-order chi connectivity index (χ1) is 13.5. The van der Waals surface area contributed by atoms with E-state index in [1.54, 1.807) is 11.7 Å². The number of carbonyl (C=O) groups is 2. The van der Waals surface area contributed by atoms with E-state index in [1.807, 2.05) is 59.9 Å². The van der Waals surface area contributed by atoms with Gasteiger partial charge in [0.1, 0.15) is 6.04 Å². The Labute approximate surface area is 161 Å². The van der Waals surface area contributed by atoms with E-state index in [0.29, 0.717) is 12.4 Å². The number of nitrogens with one attached hydrogen (secondary N) is 2. The number of hydrogen-bond acceptors (Lipinski definition) is 6. The highest BCUT2D eigenvalue weighted by atomic mass is 16.2. The van der Waals surface area contributed by atoms with E-state index in [-0.39, 0.29) is 0 Å². The van der Waals surface area contributed by atoms with Gasteiger partial charge in [-0.1, -0.05) is 42.5 Å². The molecule has 2 aromatic carbocycles. The molecule has 1 aromatic heterocycles. The van der Waals surface area contributed by atoms with Crippen molar-refractivity contribution in [2.24, 2.45) is 5.73 Å². The second-order valence-corrected chi connectivity index (χ2v) is 6.24. The molecule has 0 spiro atoms. The van der Waals surface area contributed by atoms with Gasteiger partial charge in [-0.25, -0.2) is 4.79 Å². The maximum absolute atomic E-state index is 11.7. The van der Waals surface area contributed by atoms with Crippen molar-refractivity contribution in [3.8, 4) is 11.4 Å². The van der Waals surface area contributed by atoms with E-state index >= 15 is 0 Å². The number of benzene rings is 2. The van der Waals surface area contributed by atoms with Crippen LogP contribution in [0.25, 0.3) is 11.4 Å². The largest absolute Gasteiger partial charge is 0.374 e. The summed E-state index contributed by atoms with van der Waals surface area (Å²) in [4.78, 5) is 24.0. The lowest BCUT2D eigenvalue weighted by Gasteiger charge is -2.14. The van der Waals surface area contributed by atoms with Crippen molar-refractivity contribution in [2.45, 2.75) is 25.9 Å². The van der Waals surface area contributed by atoms with Crippen LogP contribution in [0.4, 0.5) is 10.5 Å². The Hall–Kier alpha value is -3.75. The van der Waals surface area contributed by atoms with Crippen LogP contribution in [0, 0.1) is 0 Å². The molecule has 3 amide bonds. The number of aryl methyl sites for hydroxylation is 2. The summed E-state index contributed by atoms with van der Waals surface area (Å²) in [6, 6.07) is 15.9. The number of anilines is 1. The predicted octanol–water partition coefficient (Wildman–Crippen LogP) is 1.58. The third-order valence-electron chi connectivity index (χ3n) is 4.06. The maximum atomic E-state index is 11.7. The van der Waals surface area contributed by atoms with Crippen LogP contribution < -0.4 is 16.4 Å². The fourth-order valence-corrected chi connectivity index (χ4v) is 2.58. The number of nitrogens with two attached hydrogens (primary N) is 1. The van der Waals surface area contributed by atoms with Gasteiger partial charge in [-0.3, -0.25) is 10.1 Å². The van der Waals surface area contributed by atoms with Gasteiger partial charge in [-0.15, -0.1) is 10.2 Å². The van der Waals surface area contributed by atoms with Crippen molar-refractivity contribution in [3.05, 3.63) is 60.2 Å². The lowest BCUT2D eigenvalue weighted by molar-refractivity contribution is -0.120. The zero-order chi connectivity index (χ0) is 19.9. The van der Waals surface area contributed by atoms with Crippen molar-refractivity contribution in [2.75, 3.05) is 5.32 Å². The molecule has 28 heavy (non-hydrogen) atoms. The molecule has 0 saturated heterocycles. The van der Waals surface area contributed by atoms with Gasteiger partial charge < -0.3 is 11.1 Å². The summed E-state index contributed by atoms with van der Waals surface area (Å²) in [6.45, 7) is 2.25. The fraction of sp³-hybridized carbons (Fsp3) is 0.211. The van der Waals surface area contributed by atoms with Gasteiger partial charge in [0, 0.05) is 11.3 Å². The zero-order valence-corrected chi connectivity index (χ0v) is 15.4. The summed E-state index contributed by atoms with van der Waals surface area (Å²) in [5, 5.41) is 17.6. The van der Waals surface area contributed by atoms with Gasteiger partial charge in [-0.05, 0) is 36.3 Å². The number of tetrazole rings is 1. The lowest BCUT2D eigenvalue weighted by atomic mass is 10.1. The highest BCUT2D eigenvalue weighted by molar-refractivity contribution is 5.97. The topological polar surface area (TPSA) is 128 Å². The van der Waals surface area contributed by atoms with Crippen LogP contribution in [0.3, 0.4) is 0 Å². The molecular formula is C19H21N7O2. The van der Waals surface area contributed by atoms with Crippen molar-refractivity contribution in [1.82, 2.24) is 25.5 Å². The van der Waals surface area contributed by atoms with E-state index in [4.69, 9.17) is 5.73 Å². The Morgan fingerprint density at radius 2 is 1.82 bits per heavy atom. The van der Waals surface area contributed by atoms with Gasteiger partial charge in [0.25, 0.3) is 0 Å². The molecule has 1 heterocycles. The smallest absolute Gasteiger partial charge is 0.318 e. The number of rotatable bonds is 7. The first kappa shape index (κ1) is 19.0. The molecule has 0 fully saturated rings. The highest BCUT2D eigenvalue weighted by Crippen LogP contribution is 2.13. The third-order valence-corrected chi connectivity index (χ3v) is 4.06. The Bertz CT molecular complexity index is 938. The summed E-state index contributed by atoms with van der Waals surface area (Å²) in [7, 11) is 0. The Kier molecular flexibility index (Phi) is 5.95. The van der Waals surface area contributed by atoms with Crippen molar-refractivity contribution in [1.29, 1.82) is 0 Å². The summed E-state index contributed by atoms with van der Waals surface area (Å²) in [5.74, 6) is 0.117. The van der Waals surface area contributed by atoms with E-state index in [2.05, 4.69) is 20.7 Å². The molecule has 0 aliphatic rings. The van der Waals surface area contributed by atoms with Gasteiger partial charge >= 0.3 is 6.03 Å². The van der Waals surface area contributed by atoms with Crippen LogP contribution in [-0.4, -0.2) is 38.2 Å². The summed E-state index contributed by atoms with van der Waals surface area (Å²) in [5.41, 5.74) is 7.73. The van der Waals surface area contributed by atoms with Crippen molar-refractivity contribution in [3.63, 3.8) is 0 Å². The summed E-state index contributed by atoms with van der Waals surface area (Å²) in [6.07, 6.45) is 0.739. The number of carbonyl (C=O) groups excluding carboxylic acids is 2. The number of amides is 3. The van der Waals surface area contributed by atoms with Crippen LogP contribution in [0.1, 0.15) is 12.5 Å². The normalized spacial score (nSPS) is 11.6. The quantitative estimate of drug-likeness (QED) is 0.572. The molecule has 0 aliphatic heterocycles. The van der Waals surface area contributed by atoms with Crippen LogP contribution in [-0.2, 0) is 17.8 Å². The second-order valence-electron chi connectivity index (χ2n) is 6.24. The Morgan fingerprint density at radius 1 is 1.11 bits per heavy atom. The first-order valence-electron chi connectivity index (χ1n) is 8.80. The van der Waals surface area contributed by atoms with Crippen molar-refractivity contribution < 1.29 is 9.59 Å². The fourth-order valence-electron chi connectivity index (χ4n) is 2.58. The van der Waals surface area contributed by atoms with Crippen molar-refractivity contribution >= 4 is 17.6 Å². The molecule has 0 saturated carbocycles. The minimum absolute atomic E-state index is 0.483. The lowest BCUT2D eigenvalue weighted by Crippen LogP contribution is -2.43. The number of imide groups is 1. The highest BCUT2D eigenvalue weighted by Gasteiger charge is 2.14. The van der Waals surface area contributed by atoms with E-state index in [9.17, 15) is 9.59 Å². The Morgan fingerprint density at radius 3 is 2.50 bits per heavy atom. The summed E-state index contributed by atoms with van der Waals surface area (Å²) >= 11 is 0. The van der Waals surface area contributed by atoms with E-state index in [1.165, 1.54) is 0 Å². The molecule has 9 nitrogen and oxygen atoms in total. The van der Waals surface area contributed by atoms with Crippen LogP contribution in [0.5, 0.6) is 0 Å². The number of urea groups is 1. The van der Waals surface area contributed by atoms with E-state index < -0.39 is 18.0 Å². The molecule has 0 bridgehead atoms. The zero-order valence-electron chi connectivity index (χ0n) is 15.4. The number of aromatic nitrogens is 4. The monoisotopic (exact) mass is 379 g/mol. The molecule has 1 unspecified atom stereocenters. The van der Waals surface area contributed by atoms with E-state index in [0.717, 1.165) is 23.2 Å². The minimum atomic E-state index is -0.869. The predicted molar refractivity (Wildman–Crippen MR) is 104 cm³/mol. The Balaban J connectivity index is 1.53. The van der Waals surface area contributed by atoms with Gasteiger partial charge in [0.15, 0.2) is 0 Å². The third kappa shape index (κ3) is 5.13. The number of hydrogen-bond donors (Lipinski definition) is 3. The van der Waals surface area contributed by atoms with Crippen LogP contribution in [0.2, 0.25) is 0 Å². The molecule has 0 radical (unpaired) electrons. The van der Waals surface area contributed by atoms with Gasteiger partial charge in [0.05, 0.1) is 6.54 Å². The second kappa shape index (κ2) is 8.76. The number of primary amides is 1. The number of nitrogens with zero attached hydrogens (tertiary/aromatic N) is 4. The maximum Gasteiger partial charge on any atom is 0.318 e. The van der Waals surface area contributed by atoms with Crippen LogP contribution in [0.15, 0.2) is 54.6 Å². The van der Waals surface area contributed by atoms with Gasteiger partial charge in [0.2, 0.25) is 11.7 Å². The molecule has 9 heteroatoms. The molecule has 1 atom stereocenters. The average Bonchev–Trinajstić information content (AvgIpc) is 3.17. The molecule has 144 valence electrons. The average molecular weight is 379 g/mol. The SMILES string of the molecule is CC(Nc1ccc(CCn2nnc(-c3ccccc3)n2)cc1)C(=O)NC(N)=O. The molecule has 4 N–H and O–H groups in total. The summed E-state index contributed by atoms with van der Waals surface area (Å²) < 4.78 is 0. The molecule has 0 aliphatic carbocycles. The first-order valence-corrected chi connectivity index (χ1v) is 8.80. The standard InChI is InChI=1S/C19H21N7O2/c1-13(18(27)22-19(20)28)21-16-9-7-14(8-10-16)11-12-26-24-17(23-25-26)15-5-3-2-4-6-15/h2-10,13,21H,11-12H2,1H3,(H3,20,22,27,28). The molecular weight excluding hydrogens is 358 g/mol.